The van der Waals surface area contributed by atoms with Gasteiger partial charge in [-0.1, -0.05) is 29.5 Å². The normalized spacial score (nSPS) is 20.6. The van der Waals surface area contributed by atoms with Crippen molar-refractivity contribution in [1.29, 1.82) is 0 Å². The van der Waals surface area contributed by atoms with Gasteiger partial charge in [-0.05, 0) is 55.5 Å². The molecular formula is C26H28N4O3S. The van der Waals surface area contributed by atoms with Gasteiger partial charge in [0.1, 0.15) is 12.0 Å². The minimum absolute atomic E-state index is 0.0150. The van der Waals surface area contributed by atoms with E-state index in [1.54, 1.807) is 18.4 Å². The third-order valence-electron chi connectivity index (χ3n) is 7.02. The van der Waals surface area contributed by atoms with Gasteiger partial charge in [-0.15, -0.1) is 0 Å². The Balaban J connectivity index is 1.38. The van der Waals surface area contributed by atoms with Crippen molar-refractivity contribution in [2.24, 2.45) is 0 Å². The van der Waals surface area contributed by atoms with Crippen LogP contribution < -0.4 is 14.4 Å². The maximum Gasteiger partial charge on any atom is 0.213 e. The Hall–Kier alpha value is -3.10. The van der Waals surface area contributed by atoms with E-state index in [0.717, 1.165) is 56.6 Å². The average Bonchev–Trinajstić information content (AvgIpc) is 3.61. The molecule has 2 aromatic carbocycles. The number of aromatic nitrogens is 3. The highest BCUT2D eigenvalue weighted by atomic mass is 32.1. The lowest BCUT2D eigenvalue weighted by molar-refractivity contribution is 0.152. The molecule has 1 N–H and O–H groups in total. The number of aliphatic hydroxyl groups is 1. The van der Waals surface area contributed by atoms with Crippen LogP contribution in [-0.2, 0) is 0 Å². The Morgan fingerprint density at radius 2 is 1.91 bits per heavy atom. The summed E-state index contributed by atoms with van der Waals surface area (Å²) in [5.74, 6) is 2.38. The molecule has 34 heavy (non-hydrogen) atoms. The van der Waals surface area contributed by atoms with Crippen LogP contribution in [0.25, 0.3) is 15.3 Å². The van der Waals surface area contributed by atoms with Crippen molar-refractivity contribution in [3.8, 4) is 16.6 Å². The minimum Gasteiger partial charge on any atom is -0.493 e. The zero-order valence-electron chi connectivity index (χ0n) is 19.3. The molecule has 0 spiro atoms. The first-order chi connectivity index (χ1) is 16.6. The van der Waals surface area contributed by atoms with Gasteiger partial charge in [-0.25, -0.2) is 4.98 Å². The Morgan fingerprint density at radius 1 is 1.09 bits per heavy atom. The number of thiazole rings is 1. The third kappa shape index (κ3) is 3.61. The summed E-state index contributed by atoms with van der Waals surface area (Å²) in [7, 11) is 3.59. The van der Waals surface area contributed by atoms with E-state index < -0.39 is 6.23 Å². The molecule has 7 nitrogen and oxygen atoms in total. The molecule has 1 aliphatic carbocycles. The molecule has 0 bridgehead atoms. The number of anilines is 1. The number of para-hydroxylation sites is 1. The van der Waals surface area contributed by atoms with E-state index in [-0.39, 0.29) is 12.0 Å². The molecule has 2 unspecified atom stereocenters. The molecule has 6 rings (SSSR count). The second kappa shape index (κ2) is 8.60. The topological polar surface area (TPSA) is 72.6 Å². The van der Waals surface area contributed by atoms with Crippen molar-refractivity contribution >= 4 is 27.4 Å². The molecule has 1 saturated carbocycles. The number of methoxy groups -OCH3 is 1. The highest BCUT2D eigenvalue weighted by molar-refractivity contribution is 7.20. The first-order valence-corrected chi connectivity index (χ1v) is 12.6. The van der Waals surface area contributed by atoms with Gasteiger partial charge in [0.05, 0.1) is 29.6 Å². The summed E-state index contributed by atoms with van der Waals surface area (Å²) < 4.78 is 14.9. The molecule has 4 aromatic rings. The summed E-state index contributed by atoms with van der Waals surface area (Å²) in [4.78, 5) is 6.67. The zero-order valence-corrected chi connectivity index (χ0v) is 20.2. The Kier molecular flexibility index (Phi) is 5.42. The van der Waals surface area contributed by atoms with E-state index in [0.29, 0.717) is 6.42 Å². The average molecular weight is 477 g/mol. The van der Waals surface area contributed by atoms with E-state index in [4.69, 9.17) is 19.6 Å². The van der Waals surface area contributed by atoms with E-state index in [9.17, 15) is 5.11 Å². The van der Waals surface area contributed by atoms with Crippen molar-refractivity contribution in [3.05, 3.63) is 59.8 Å². The number of benzene rings is 2. The second-order valence-corrected chi connectivity index (χ2v) is 10.1. The predicted molar refractivity (Wildman–Crippen MR) is 133 cm³/mol. The van der Waals surface area contributed by atoms with Gasteiger partial charge in [-0.3, -0.25) is 0 Å². The number of hydrogen-bond donors (Lipinski definition) is 1. The van der Waals surface area contributed by atoms with Crippen LogP contribution in [0.2, 0.25) is 0 Å². The second-order valence-electron chi connectivity index (χ2n) is 9.11. The lowest BCUT2D eigenvalue weighted by Crippen LogP contribution is -2.38. The van der Waals surface area contributed by atoms with Crippen molar-refractivity contribution < 1.29 is 14.6 Å². The van der Waals surface area contributed by atoms with E-state index >= 15 is 0 Å². The van der Waals surface area contributed by atoms with Gasteiger partial charge >= 0.3 is 0 Å². The molecule has 176 valence electrons. The van der Waals surface area contributed by atoms with Crippen molar-refractivity contribution in [2.75, 3.05) is 19.1 Å². The van der Waals surface area contributed by atoms with Crippen molar-refractivity contribution in [2.45, 2.75) is 50.4 Å². The number of hydrogen-bond acceptors (Lipinski definition) is 7. The maximum atomic E-state index is 11.0. The summed E-state index contributed by atoms with van der Waals surface area (Å²) in [6.07, 6.45) is 6.75. The van der Waals surface area contributed by atoms with Crippen LogP contribution in [0.1, 0.15) is 49.1 Å². The van der Waals surface area contributed by atoms with Crippen LogP contribution in [0.15, 0.2) is 48.7 Å². The fourth-order valence-corrected chi connectivity index (χ4v) is 6.11. The third-order valence-corrected chi connectivity index (χ3v) is 8.04. The first-order valence-electron chi connectivity index (χ1n) is 11.8. The summed E-state index contributed by atoms with van der Waals surface area (Å²) in [6, 6.07) is 14.2. The lowest BCUT2D eigenvalue weighted by Gasteiger charge is -2.35. The molecule has 1 aliphatic heterocycles. The molecule has 0 amide bonds. The summed E-state index contributed by atoms with van der Waals surface area (Å²) in [5.41, 5.74) is 3.09. The Bertz CT molecular complexity index is 1290. The van der Waals surface area contributed by atoms with Gasteiger partial charge in [0.25, 0.3) is 0 Å². The minimum atomic E-state index is -0.636. The summed E-state index contributed by atoms with van der Waals surface area (Å²) in [5, 5.41) is 16.5. The lowest BCUT2D eigenvalue weighted by atomic mass is 9.86. The van der Waals surface area contributed by atoms with Gasteiger partial charge < -0.3 is 19.5 Å². The van der Waals surface area contributed by atoms with Gasteiger partial charge in [-0.2, -0.15) is 9.78 Å². The van der Waals surface area contributed by atoms with Crippen LogP contribution in [0, 0.1) is 0 Å². The van der Waals surface area contributed by atoms with Crippen LogP contribution in [0.4, 0.5) is 5.82 Å². The first kappa shape index (κ1) is 21.4. The number of rotatable bonds is 5. The fraction of sp³-hybridized carbons (Fsp3) is 0.385. The van der Waals surface area contributed by atoms with E-state index in [1.807, 2.05) is 53.2 Å². The highest BCUT2D eigenvalue weighted by Gasteiger charge is 2.35. The van der Waals surface area contributed by atoms with E-state index in [2.05, 4.69) is 12.1 Å². The van der Waals surface area contributed by atoms with Crippen molar-refractivity contribution in [1.82, 2.24) is 14.8 Å². The standard InChI is InChI=1S/C26H28N4O3S/c1-29-24(31)14-18(16-11-12-21(22(13-16)32-2)33-17-7-3-4-8-17)19-15-27-30(25(19)29)26-28-20-9-5-6-10-23(20)34-26/h5-6,9-13,15,17-18,24,31H,3-4,7-8,14H2,1-2H3. The SMILES string of the molecule is COc1cc(C2CC(O)N(C)c3c2cnn3-c2nc3ccccc3s2)ccc1OC1CCCC1. The fourth-order valence-electron chi connectivity index (χ4n) is 5.18. The molecule has 2 aliphatic rings. The number of nitrogens with zero attached hydrogens (tertiary/aromatic N) is 4. The molecule has 3 heterocycles. The van der Waals surface area contributed by atoms with E-state index in [1.165, 1.54) is 12.8 Å². The smallest absolute Gasteiger partial charge is 0.213 e. The monoisotopic (exact) mass is 476 g/mol. The highest BCUT2D eigenvalue weighted by Crippen LogP contribution is 2.44. The molecular weight excluding hydrogens is 448 g/mol. The quantitative estimate of drug-likeness (QED) is 0.432. The van der Waals surface area contributed by atoms with Crippen LogP contribution in [0.5, 0.6) is 11.5 Å². The summed E-state index contributed by atoms with van der Waals surface area (Å²) in [6.45, 7) is 0. The maximum absolute atomic E-state index is 11.0. The number of fused-ring (bicyclic) bond motifs is 2. The summed E-state index contributed by atoms with van der Waals surface area (Å²) >= 11 is 1.60. The molecule has 0 radical (unpaired) electrons. The van der Waals surface area contributed by atoms with Crippen LogP contribution in [0.3, 0.4) is 0 Å². The van der Waals surface area contributed by atoms with Crippen molar-refractivity contribution in [3.63, 3.8) is 0 Å². The molecule has 8 heteroatoms. The zero-order chi connectivity index (χ0) is 23.2. The van der Waals surface area contributed by atoms with Crippen LogP contribution in [-0.4, -0.2) is 46.4 Å². The van der Waals surface area contributed by atoms with Gasteiger partial charge in [0.2, 0.25) is 5.13 Å². The predicted octanol–water partition coefficient (Wildman–Crippen LogP) is 5.10. The van der Waals surface area contributed by atoms with Crippen LogP contribution >= 0.6 is 11.3 Å². The number of ether oxygens (including phenoxy) is 2. The van der Waals surface area contributed by atoms with Gasteiger partial charge in [0, 0.05) is 24.9 Å². The number of aliphatic hydroxyl groups excluding tert-OH is 1. The Labute approximate surface area is 202 Å². The molecule has 1 fully saturated rings. The van der Waals surface area contributed by atoms with Gasteiger partial charge in [0.15, 0.2) is 11.5 Å². The molecule has 0 saturated heterocycles. The molecule has 2 aromatic heterocycles. The largest absolute Gasteiger partial charge is 0.493 e. The molecule has 2 atom stereocenters. The Morgan fingerprint density at radius 3 is 2.71 bits per heavy atom.